The summed E-state index contributed by atoms with van der Waals surface area (Å²) in [6, 6.07) is 0. The van der Waals surface area contributed by atoms with Gasteiger partial charge in [-0.25, -0.2) is 4.98 Å². The fourth-order valence-electron chi connectivity index (χ4n) is 1.56. The molecule has 0 aromatic carbocycles. The molecule has 0 spiro atoms. The topological polar surface area (TPSA) is 43.1 Å². The van der Waals surface area contributed by atoms with Gasteiger partial charge >= 0.3 is 0 Å². The highest BCUT2D eigenvalue weighted by Crippen LogP contribution is 2.33. The first-order valence-corrected chi connectivity index (χ1v) is 5.77. The van der Waals surface area contributed by atoms with Crippen LogP contribution in [0.4, 0.5) is 0 Å². The molecule has 0 radical (unpaired) electrons. The number of aromatic nitrogens is 4. The van der Waals surface area contributed by atoms with Crippen molar-refractivity contribution in [3.8, 4) is 0 Å². The summed E-state index contributed by atoms with van der Waals surface area (Å²) in [7, 11) is 0. The van der Waals surface area contributed by atoms with Gasteiger partial charge in [-0.05, 0) is 6.92 Å². The Kier molecular flexibility index (Phi) is 1.72. The Hall–Kier alpha value is -0.810. The molecular weight excluding hydrogens is 220 g/mol. The molecular formula is C8H7ClN4S. The molecule has 4 nitrogen and oxygen atoms in total. The average Bonchev–Trinajstić information content (AvgIpc) is 2.71. The second kappa shape index (κ2) is 2.84. The van der Waals surface area contributed by atoms with Crippen LogP contribution in [0.25, 0.3) is 5.78 Å². The zero-order valence-electron chi connectivity index (χ0n) is 7.49. The maximum Gasteiger partial charge on any atom is 0.254 e. The molecule has 3 rings (SSSR count). The SMILES string of the molecule is Cc1nc2nc3c(c(Cl)n2n1)CSC3. The van der Waals surface area contributed by atoms with Crippen molar-refractivity contribution in [1.29, 1.82) is 0 Å². The Bertz CT molecular complexity index is 522. The fraction of sp³-hybridized carbons (Fsp3) is 0.375. The zero-order valence-corrected chi connectivity index (χ0v) is 9.06. The molecule has 0 saturated carbocycles. The molecule has 0 bridgehead atoms. The maximum atomic E-state index is 6.21. The van der Waals surface area contributed by atoms with E-state index in [0.29, 0.717) is 16.8 Å². The number of thioether (sulfide) groups is 1. The van der Waals surface area contributed by atoms with Gasteiger partial charge < -0.3 is 0 Å². The molecule has 0 saturated heterocycles. The summed E-state index contributed by atoms with van der Waals surface area (Å²) >= 11 is 8.03. The monoisotopic (exact) mass is 226 g/mol. The molecule has 6 heteroatoms. The largest absolute Gasteiger partial charge is 0.254 e. The van der Waals surface area contributed by atoms with Crippen molar-refractivity contribution < 1.29 is 0 Å². The Labute approximate surface area is 89.7 Å². The number of aryl methyl sites for hydroxylation is 1. The van der Waals surface area contributed by atoms with Crippen molar-refractivity contribution in [3.05, 3.63) is 22.2 Å². The first kappa shape index (κ1) is 8.49. The Morgan fingerprint density at radius 2 is 2.21 bits per heavy atom. The zero-order chi connectivity index (χ0) is 9.71. The minimum atomic E-state index is 0.605. The lowest BCUT2D eigenvalue weighted by Gasteiger charge is -2.01. The van der Waals surface area contributed by atoms with Gasteiger partial charge in [0.1, 0.15) is 11.0 Å². The van der Waals surface area contributed by atoms with Gasteiger partial charge in [0, 0.05) is 17.1 Å². The van der Waals surface area contributed by atoms with Crippen molar-refractivity contribution in [2.75, 3.05) is 0 Å². The van der Waals surface area contributed by atoms with Crippen LogP contribution in [0.15, 0.2) is 0 Å². The highest BCUT2D eigenvalue weighted by Gasteiger charge is 2.20. The fourth-order valence-corrected chi connectivity index (χ4v) is 2.97. The van der Waals surface area contributed by atoms with Crippen LogP contribution in [0.1, 0.15) is 17.1 Å². The van der Waals surface area contributed by atoms with Gasteiger partial charge in [0.05, 0.1) is 5.69 Å². The molecule has 2 aromatic rings. The Balaban J connectivity index is 2.42. The van der Waals surface area contributed by atoms with E-state index in [9.17, 15) is 0 Å². The van der Waals surface area contributed by atoms with Crippen molar-refractivity contribution in [2.45, 2.75) is 18.4 Å². The second-order valence-electron chi connectivity index (χ2n) is 3.19. The van der Waals surface area contributed by atoms with Crippen LogP contribution in [-0.4, -0.2) is 19.6 Å². The predicted octanol–water partition coefficient (Wildman–Crippen LogP) is 1.83. The maximum absolute atomic E-state index is 6.21. The summed E-state index contributed by atoms with van der Waals surface area (Å²) in [6.45, 7) is 1.84. The van der Waals surface area contributed by atoms with E-state index in [1.165, 1.54) is 0 Å². The lowest BCUT2D eigenvalue weighted by atomic mass is 10.3. The summed E-state index contributed by atoms with van der Waals surface area (Å²) in [6.07, 6.45) is 0. The van der Waals surface area contributed by atoms with E-state index in [0.717, 1.165) is 22.8 Å². The minimum absolute atomic E-state index is 0.605. The molecule has 0 unspecified atom stereocenters. The molecule has 0 fully saturated rings. The number of hydrogen-bond donors (Lipinski definition) is 0. The normalized spacial score (nSPS) is 15.0. The molecule has 0 aliphatic carbocycles. The number of rotatable bonds is 0. The van der Waals surface area contributed by atoms with E-state index in [2.05, 4.69) is 15.1 Å². The van der Waals surface area contributed by atoms with E-state index >= 15 is 0 Å². The van der Waals surface area contributed by atoms with E-state index in [4.69, 9.17) is 11.6 Å². The highest BCUT2D eigenvalue weighted by atomic mass is 35.5. The summed E-state index contributed by atoms with van der Waals surface area (Å²) in [5, 5.41) is 4.85. The van der Waals surface area contributed by atoms with Crippen LogP contribution >= 0.6 is 23.4 Å². The van der Waals surface area contributed by atoms with Crippen molar-refractivity contribution in [1.82, 2.24) is 19.6 Å². The molecule has 3 heterocycles. The van der Waals surface area contributed by atoms with Gasteiger partial charge in [0.15, 0.2) is 0 Å². The standard InChI is InChI=1S/C8H7ClN4S/c1-4-10-8-11-6-3-14-2-5(6)7(9)13(8)12-4/h2-3H2,1H3. The second-order valence-corrected chi connectivity index (χ2v) is 4.54. The van der Waals surface area contributed by atoms with Crippen molar-refractivity contribution in [3.63, 3.8) is 0 Å². The summed E-state index contributed by atoms with van der Waals surface area (Å²) in [5.74, 6) is 3.16. The first-order chi connectivity index (χ1) is 6.75. The molecule has 72 valence electrons. The van der Waals surface area contributed by atoms with Gasteiger partial charge in [-0.1, -0.05) is 11.6 Å². The summed E-state index contributed by atoms with van der Waals surface area (Å²) in [5.41, 5.74) is 2.16. The van der Waals surface area contributed by atoms with Gasteiger partial charge in [-0.3, -0.25) is 0 Å². The third-order valence-corrected chi connectivity index (χ3v) is 3.56. The van der Waals surface area contributed by atoms with Crippen molar-refractivity contribution >= 4 is 29.1 Å². The molecule has 1 aliphatic rings. The number of nitrogens with zero attached hydrogens (tertiary/aromatic N) is 4. The molecule has 0 N–H and O–H groups in total. The molecule has 0 amide bonds. The van der Waals surface area contributed by atoms with Crippen LogP contribution in [-0.2, 0) is 11.5 Å². The summed E-state index contributed by atoms with van der Waals surface area (Å²) in [4.78, 5) is 8.62. The van der Waals surface area contributed by atoms with Gasteiger partial charge in [0.25, 0.3) is 5.78 Å². The van der Waals surface area contributed by atoms with Gasteiger partial charge in [-0.15, -0.1) is 5.10 Å². The Morgan fingerprint density at radius 1 is 1.36 bits per heavy atom. The van der Waals surface area contributed by atoms with Crippen LogP contribution in [0.5, 0.6) is 0 Å². The summed E-state index contributed by atoms with van der Waals surface area (Å²) < 4.78 is 1.61. The highest BCUT2D eigenvalue weighted by molar-refractivity contribution is 7.98. The third-order valence-electron chi connectivity index (χ3n) is 2.20. The van der Waals surface area contributed by atoms with E-state index in [-0.39, 0.29) is 0 Å². The lowest BCUT2D eigenvalue weighted by molar-refractivity contribution is 0.899. The van der Waals surface area contributed by atoms with Gasteiger partial charge in [-0.2, -0.15) is 21.3 Å². The van der Waals surface area contributed by atoms with Crippen LogP contribution in [0.2, 0.25) is 5.15 Å². The van der Waals surface area contributed by atoms with Crippen LogP contribution in [0.3, 0.4) is 0 Å². The van der Waals surface area contributed by atoms with Crippen molar-refractivity contribution in [2.24, 2.45) is 0 Å². The number of fused-ring (bicyclic) bond motifs is 2. The molecule has 2 aromatic heterocycles. The molecule has 14 heavy (non-hydrogen) atoms. The van der Waals surface area contributed by atoms with Gasteiger partial charge in [0.2, 0.25) is 0 Å². The Morgan fingerprint density at radius 3 is 3.07 bits per heavy atom. The van der Waals surface area contributed by atoms with Crippen LogP contribution in [0, 0.1) is 6.92 Å². The lowest BCUT2D eigenvalue weighted by Crippen LogP contribution is -1.99. The minimum Gasteiger partial charge on any atom is -0.215 e. The predicted molar refractivity (Wildman–Crippen MR) is 55.5 cm³/mol. The third kappa shape index (κ3) is 1.05. The average molecular weight is 227 g/mol. The number of halogens is 1. The smallest absolute Gasteiger partial charge is 0.215 e. The molecule has 0 atom stereocenters. The number of hydrogen-bond acceptors (Lipinski definition) is 4. The quantitative estimate of drug-likeness (QED) is 0.643. The van der Waals surface area contributed by atoms with E-state index in [1.54, 1.807) is 4.52 Å². The van der Waals surface area contributed by atoms with Crippen LogP contribution < -0.4 is 0 Å². The first-order valence-electron chi connectivity index (χ1n) is 4.24. The van der Waals surface area contributed by atoms with E-state index in [1.807, 2.05) is 18.7 Å². The molecule has 1 aliphatic heterocycles. The van der Waals surface area contributed by atoms with E-state index < -0.39 is 0 Å².